The second-order valence-electron chi connectivity index (χ2n) is 7.97. The third-order valence-corrected chi connectivity index (χ3v) is 6.02. The maximum absolute atomic E-state index is 12.5. The lowest BCUT2D eigenvalue weighted by molar-refractivity contribution is -0.130. The van der Waals surface area contributed by atoms with E-state index in [-0.39, 0.29) is 30.6 Å². The van der Waals surface area contributed by atoms with E-state index in [0.717, 1.165) is 44.5 Å². The van der Waals surface area contributed by atoms with Crippen molar-refractivity contribution in [3.63, 3.8) is 0 Å². The van der Waals surface area contributed by atoms with Gasteiger partial charge < -0.3 is 15.4 Å². The van der Waals surface area contributed by atoms with Gasteiger partial charge >= 0.3 is 0 Å². The number of hydrogen-bond acceptors (Lipinski definition) is 4. The van der Waals surface area contributed by atoms with Gasteiger partial charge in [-0.15, -0.1) is 0 Å². The second-order valence-corrected chi connectivity index (χ2v) is 7.97. The molecule has 5 heteroatoms. The van der Waals surface area contributed by atoms with Gasteiger partial charge in [0.1, 0.15) is 5.75 Å². The third kappa shape index (κ3) is 5.10. The van der Waals surface area contributed by atoms with Gasteiger partial charge in [-0.1, -0.05) is 19.8 Å². The lowest BCUT2D eigenvalue weighted by Crippen LogP contribution is -2.33. The summed E-state index contributed by atoms with van der Waals surface area (Å²) in [5.41, 5.74) is 6.78. The number of Topliss-reactive ketones (excluding diaryl/α,β-unsaturated/α-hetero) is 1. The van der Waals surface area contributed by atoms with Crippen molar-refractivity contribution in [1.82, 2.24) is 4.90 Å². The van der Waals surface area contributed by atoms with Crippen LogP contribution in [0.1, 0.15) is 62.2 Å². The third-order valence-electron chi connectivity index (χ3n) is 6.02. The van der Waals surface area contributed by atoms with Crippen molar-refractivity contribution in [2.24, 2.45) is 17.6 Å². The van der Waals surface area contributed by atoms with Gasteiger partial charge in [0.25, 0.3) is 0 Å². The number of carbonyl (C=O) groups is 2. The van der Waals surface area contributed by atoms with Crippen LogP contribution in [0.25, 0.3) is 0 Å². The summed E-state index contributed by atoms with van der Waals surface area (Å²) in [6.07, 6.45) is 6.12. The Morgan fingerprint density at radius 1 is 1.11 bits per heavy atom. The highest BCUT2D eigenvalue weighted by molar-refractivity contribution is 5.98. The molecule has 1 aromatic rings. The molecule has 1 heterocycles. The summed E-state index contributed by atoms with van der Waals surface area (Å²) in [6.45, 7) is 4.45. The monoisotopic (exact) mass is 372 g/mol. The molecule has 0 radical (unpaired) electrons. The quantitative estimate of drug-likeness (QED) is 0.532. The van der Waals surface area contributed by atoms with Crippen LogP contribution in [0, 0.1) is 11.8 Å². The van der Waals surface area contributed by atoms with Crippen molar-refractivity contribution < 1.29 is 14.3 Å². The van der Waals surface area contributed by atoms with Gasteiger partial charge in [0.15, 0.2) is 5.78 Å². The van der Waals surface area contributed by atoms with Crippen molar-refractivity contribution in [2.45, 2.75) is 57.9 Å². The highest BCUT2D eigenvalue weighted by Gasteiger charge is 2.42. The molecule has 27 heavy (non-hydrogen) atoms. The molecule has 5 nitrogen and oxygen atoms in total. The minimum absolute atomic E-state index is 0.0111. The van der Waals surface area contributed by atoms with Crippen LogP contribution in [0.5, 0.6) is 5.75 Å². The molecule has 148 valence electrons. The maximum atomic E-state index is 12.5. The number of ether oxygens (including phenoxy) is 1. The summed E-state index contributed by atoms with van der Waals surface area (Å²) < 4.78 is 5.67. The molecule has 2 N–H and O–H groups in total. The minimum Gasteiger partial charge on any atom is -0.494 e. The summed E-state index contributed by atoms with van der Waals surface area (Å²) in [7, 11) is 0. The van der Waals surface area contributed by atoms with E-state index in [1.807, 2.05) is 17.0 Å². The molecule has 1 aliphatic heterocycles. The van der Waals surface area contributed by atoms with Crippen LogP contribution < -0.4 is 10.5 Å². The standard InChI is InChI=1S/C22H32N2O3/c1-2-3-4-13-27-18-8-5-16(6-9-18)21(25)11-12-22(26)24-14-17-7-10-20(23)19(17)15-24/h5-6,8-9,17,19-20H,2-4,7,10-15,23H2,1H3. The van der Waals surface area contributed by atoms with Gasteiger partial charge in [-0.3, -0.25) is 9.59 Å². The Morgan fingerprint density at radius 3 is 2.59 bits per heavy atom. The fourth-order valence-electron chi connectivity index (χ4n) is 4.31. The van der Waals surface area contributed by atoms with E-state index < -0.39 is 0 Å². The van der Waals surface area contributed by atoms with Crippen LogP contribution in [0.15, 0.2) is 24.3 Å². The van der Waals surface area contributed by atoms with Crippen molar-refractivity contribution in [2.75, 3.05) is 19.7 Å². The van der Waals surface area contributed by atoms with Crippen molar-refractivity contribution in [3.05, 3.63) is 29.8 Å². The zero-order valence-corrected chi connectivity index (χ0v) is 16.4. The molecule has 3 atom stereocenters. The molecule has 1 aromatic carbocycles. The van der Waals surface area contributed by atoms with Gasteiger partial charge in [0.05, 0.1) is 6.61 Å². The zero-order chi connectivity index (χ0) is 19.2. The van der Waals surface area contributed by atoms with Crippen LogP contribution in [0.2, 0.25) is 0 Å². The topological polar surface area (TPSA) is 72.6 Å². The number of benzene rings is 1. The molecule has 2 fully saturated rings. The van der Waals surface area contributed by atoms with Crippen LogP contribution >= 0.6 is 0 Å². The van der Waals surface area contributed by atoms with Gasteiger partial charge in [0, 0.05) is 37.5 Å². The van der Waals surface area contributed by atoms with E-state index in [9.17, 15) is 9.59 Å². The Hall–Kier alpha value is -1.88. The summed E-state index contributed by atoms with van der Waals surface area (Å²) >= 11 is 0. The Balaban J connectivity index is 1.42. The SMILES string of the molecule is CCCCCOc1ccc(C(=O)CCC(=O)N2CC3CCC(N)C3C2)cc1. The van der Waals surface area contributed by atoms with E-state index in [1.54, 1.807) is 12.1 Å². The first-order valence-electron chi connectivity index (χ1n) is 10.4. The Labute approximate surface area is 162 Å². The van der Waals surface area contributed by atoms with Gasteiger partial charge in [-0.05, 0) is 55.4 Å². The van der Waals surface area contributed by atoms with Gasteiger partial charge in [0.2, 0.25) is 5.91 Å². The van der Waals surface area contributed by atoms with Crippen molar-refractivity contribution in [3.8, 4) is 5.75 Å². The number of carbonyl (C=O) groups excluding carboxylic acids is 2. The second kappa shape index (κ2) is 9.36. The summed E-state index contributed by atoms with van der Waals surface area (Å²) in [5.74, 6) is 1.90. The molecule has 0 spiro atoms. The number of nitrogens with zero attached hydrogens (tertiary/aromatic N) is 1. The van der Waals surface area contributed by atoms with E-state index in [1.165, 1.54) is 6.42 Å². The average molecular weight is 373 g/mol. The van der Waals surface area contributed by atoms with E-state index in [2.05, 4.69) is 6.92 Å². The van der Waals surface area contributed by atoms with Crippen LogP contribution in [0.3, 0.4) is 0 Å². The summed E-state index contributed by atoms with van der Waals surface area (Å²) in [6, 6.07) is 7.49. The van der Waals surface area contributed by atoms with Gasteiger partial charge in [-0.2, -0.15) is 0 Å². The Bertz CT molecular complexity index is 643. The molecule has 1 aliphatic carbocycles. The number of amides is 1. The van der Waals surface area contributed by atoms with Crippen molar-refractivity contribution in [1.29, 1.82) is 0 Å². The lowest BCUT2D eigenvalue weighted by atomic mass is 9.98. The largest absolute Gasteiger partial charge is 0.494 e. The zero-order valence-electron chi connectivity index (χ0n) is 16.4. The Morgan fingerprint density at radius 2 is 1.89 bits per heavy atom. The van der Waals surface area contributed by atoms with E-state index >= 15 is 0 Å². The molecular weight excluding hydrogens is 340 g/mol. The van der Waals surface area contributed by atoms with Crippen LogP contribution in [0.4, 0.5) is 0 Å². The number of hydrogen-bond donors (Lipinski definition) is 1. The number of likely N-dealkylation sites (tertiary alicyclic amines) is 1. The number of fused-ring (bicyclic) bond motifs is 1. The number of nitrogens with two attached hydrogens (primary N) is 1. The van der Waals surface area contributed by atoms with Crippen LogP contribution in [-0.4, -0.2) is 42.3 Å². The summed E-state index contributed by atoms with van der Waals surface area (Å²) in [4.78, 5) is 26.8. The normalized spacial score (nSPS) is 24.1. The van der Waals surface area contributed by atoms with Crippen LogP contribution in [-0.2, 0) is 4.79 Å². The molecule has 3 unspecified atom stereocenters. The maximum Gasteiger partial charge on any atom is 0.223 e. The minimum atomic E-state index is 0.0111. The average Bonchev–Trinajstić information content (AvgIpc) is 3.26. The Kier molecular flexibility index (Phi) is 6.89. The fraction of sp³-hybridized carbons (Fsp3) is 0.636. The predicted octanol–water partition coefficient (Wildman–Crippen LogP) is 3.41. The molecule has 3 rings (SSSR count). The predicted molar refractivity (Wildman–Crippen MR) is 106 cm³/mol. The van der Waals surface area contributed by atoms with E-state index in [0.29, 0.717) is 24.0 Å². The van der Waals surface area contributed by atoms with Crippen molar-refractivity contribution >= 4 is 11.7 Å². The molecule has 2 aliphatic rings. The smallest absolute Gasteiger partial charge is 0.223 e. The lowest BCUT2D eigenvalue weighted by Gasteiger charge is -2.18. The van der Waals surface area contributed by atoms with Gasteiger partial charge in [-0.25, -0.2) is 0 Å². The molecule has 1 saturated carbocycles. The molecule has 0 bridgehead atoms. The first kappa shape index (κ1) is 19.9. The first-order valence-corrected chi connectivity index (χ1v) is 10.4. The number of ketones is 1. The molecular formula is C22H32N2O3. The fourth-order valence-corrected chi connectivity index (χ4v) is 4.31. The highest BCUT2D eigenvalue weighted by Crippen LogP contribution is 2.37. The highest BCUT2D eigenvalue weighted by atomic mass is 16.5. The first-order chi connectivity index (χ1) is 13.1. The molecule has 1 amide bonds. The molecule has 1 saturated heterocycles. The summed E-state index contributed by atoms with van der Waals surface area (Å²) in [5, 5.41) is 0. The number of unbranched alkanes of at least 4 members (excludes halogenated alkanes) is 2. The van der Waals surface area contributed by atoms with E-state index in [4.69, 9.17) is 10.5 Å². The number of rotatable bonds is 9. The molecule has 0 aromatic heterocycles.